The number of carbonyl (C=O) groups excluding carboxylic acids is 3. The Morgan fingerprint density at radius 1 is 0.923 bits per heavy atom. The number of halogens is 3. The summed E-state index contributed by atoms with van der Waals surface area (Å²) < 4.78 is 40.4. The van der Waals surface area contributed by atoms with Crippen molar-refractivity contribution in [3.63, 3.8) is 0 Å². The first kappa shape index (κ1) is 27.4. The van der Waals surface area contributed by atoms with Gasteiger partial charge >= 0.3 is 5.97 Å². The van der Waals surface area contributed by atoms with Gasteiger partial charge in [-0.2, -0.15) is 0 Å². The summed E-state index contributed by atoms with van der Waals surface area (Å²) in [6.45, 7) is 0.233. The van der Waals surface area contributed by atoms with Crippen LogP contribution in [0, 0.1) is 17.5 Å². The molecule has 3 aromatic carbocycles. The molecule has 0 spiro atoms. The second-order valence-electron chi connectivity index (χ2n) is 9.06. The summed E-state index contributed by atoms with van der Waals surface area (Å²) in [7, 11) is 0. The Balaban J connectivity index is 1.39. The summed E-state index contributed by atoms with van der Waals surface area (Å²) in [5, 5.41) is 14.6. The maximum absolute atomic E-state index is 13.9. The van der Waals surface area contributed by atoms with Crippen molar-refractivity contribution in [1.82, 2.24) is 10.2 Å². The zero-order chi connectivity index (χ0) is 28.1. The van der Waals surface area contributed by atoms with Gasteiger partial charge in [-0.3, -0.25) is 14.4 Å². The van der Waals surface area contributed by atoms with E-state index in [1.54, 1.807) is 0 Å². The highest BCUT2D eigenvalue weighted by Crippen LogP contribution is 2.22. The number of rotatable bonds is 9. The van der Waals surface area contributed by atoms with Crippen LogP contribution >= 0.6 is 0 Å². The molecule has 2 atom stereocenters. The van der Waals surface area contributed by atoms with Crippen LogP contribution in [0.25, 0.3) is 0 Å². The molecule has 1 fully saturated rings. The van der Waals surface area contributed by atoms with E-state index in [-0.39, 0.29) is 43.5 Å². The average molecular weight is 540 g/mol. The predicted octanol–water partition coefficient (Wildman–Crippen LogP) is 3.66. The van der Waals surface area contributed by atoms with E-state index in [0.29, 0.717) is 11.6 Å². The van der Waals surface area contributed by atoms with Gasteiger partial charge in [0.25, 0.3) is 5.91 Å². The van der Waals surface area contributed by atoms with Gasteiger partial charge in [0.15, 0.2) is 11.6 Å². The second-order valence-corrected chi connectivity index (χ2v) is 9.06. The molecular weight excluding hydrogens is 515 g/mol. The van der Waals surface area contributed by atoms with Gasteiger partial charge in [-0.15, -0.1) is 0 Å². The molecule has 1 heterocycles. The molecule has 3 amide bonds. The molecule has 202 valence electrons. The van der Waals surface area contributed by atoms with Gasteiger partial charge in [-0.1, -0.05) is 42.5 Å². The number of amides is 3. The molecule has 1 aliphatic rings. The molecule has 8 nitrogen and oxygen atoms in total. The standard InChI is InChI=1S/C28H24F3N3O5/c29-20-14-22(31)21(30)13-19(20)26(36)32-18-8-6-16(7-9-18)12-23(28(38)39)33-27(37)24-10-11-25(35)34(24)15-17-4-2-1-3-5-17/h1-9,13-14,23-24H,10-12,15H2,(H,32,36)(H,33,37)(H,38,39)/t23-,24?/m0/s1. The Kier molecular flexibility index (Phi) is 8.28. The Bertz CT molecular complexity index is 1400. The van der Waals surface area contributed by atoms with Crippen LogP contribution in [0.5, 0.6) is 0 Å². The lowest BCUT2D eigenvalue weighted by Crippen LogP contribution is -2.50. The highest BCUT2D eigenvalue weighted by Gasteiger charge is 2.37. The van der Waals surface area contributed by atoms with Gasteiger partial charge in [0, 0.05) is 31.1 Å². The normalized spacial score (nSPS) is 15.6. The van der Waals surface area contributed by atoms with Crippen molar-refractivity contribution < 1.29 is 37.5 Å². The SMILES string of the molecule is O=C(Nc1ccc(C[C@H](NC(=O)C2CCC(=O)N2Cc2ccccc2)C(=O)O)cc1)c1cc(F)c(F)cc1F. The Hall–Kier alpha value is -4.67. The van der Waals surface area contributed by atoms with Crippen LogP contribution in [0.15, 0.2) is 66.7 Å². The number of likely N-dealkylation sites (tertiary alicyclic amines) is 1. The monoisotopic (exact) mass is 539 g/mol. The van der Waals surface area contributed by atoms with Crippen LogP contribution < -0.4 is 10.6 Å². The molecule has 0 radical (unpaired) electrons. The quantitative estimate of drug-likeness (QED) is 0.359. The topological polar surface area (TPSA) is 116 Å². The first-order chi connectivity index (χ1) is 18.6. The van der Waals surface area contributed by atoms with Gasteiger partial charge in [-0.25, -0.2) is 18.0 Å². The van der Waals surface area contributed by atoms with E-state index in [9.17, 15) is 37.5 Å². The van der Waals surface area contributed by atoms with Crippen molar-refractivity contribution >= 4 is 29.4 Å². The number of nitrogens with zero attached hydrogens (tertiary/aromatic N) is 1. The third-order valence-corrected chi connectivity index (χ3v) is 6.35. The zero-order valence-electron chi connectivity index (χ0n) is 20.5. The third-order valence-electron chi connectivity index (χ3n) is 6.35. The first-order valence-electron chi connectivity index (χ1n) is 12.0. The van der Waals surface area contributed by atoms with Crippen molar-refractivity contribution in [3.8, 4) is 0 Å². The molecule has 0 saturated carbocycles. The van der Waals surface area contributed by atoms with Gasteiger partial charge in [0.05, 0.1) is 5.56 Å². The zero-order valence-corrected chi connectivity index (χ0v) is 20.5. The second kappa shape index (κ2) is 11.8. The van der Waals surface area contributed by atoms with Gasteiger partial charge in [0.1, 0.15) is 17.9 Å². The molecule has 39 heavy (non-hydrogen) atoms. The van der Waals surface area contributed by atoms with E-state index >= 15 is 0 Å². The van der Waals surface area contributed by atoms with Gasteiger partial charge in [-0.05, 0) is 35.7 Å². The summed E-state index contributed by atoms with van der Waals surface area (Å²) in [6, 6.07) is 13.6. The van der Waals surface area contributed by atoms with Gasteiger partial charge in [0.2, 0.25) is 11.8 Å². The fraction of sp³-hybridized carbons (Fsp3) is 0.214. The van der Waals surface area contributed by atoms with Crippen molar-refractivity contribution in [2.24, 2.45) is 0 Å². The van der Waals surface area contributed by atoms with Crippen molar-refractivity contribution in [3.05, 3.63) is 101 Å². The molecule has 0 aliphatic carbocycles. The van der Waals surface area contributed by atoms with Gasteiger partial charge < -0.3 is 20.6 Å². The molecule has 1 unspecified atom stereocenters. The fourth-order valence-corrected chi connectivity index (χ4v) is 4.31. The molecule has 3 aromatic rings. The Labute approximate surface area is 221 Å². The smallest absolute Gasteiger partial charge is 0.326 e. The number of hydrogen-bond acceptors (Lipinski definition) is 4. The maximum atomic E-state index is 13.9. The number of aliphatic carboxylic acids is 1. The van der Waals surface area contributed by atoms with Crippen LogP contribution in [0.2, 0.25) is 0 Å². The fourth-order valence-electron chi connectivity index (χ4n) is 4.31. The summed E-state index contributed by atoms with van der Waals surface area (Å²) in [5.41, 5.74) is 0.867. The van der Waals surface area contributed by atoms with E-state index in [2.05, 4.69) is 10.6 Å². The number of benzene rings is 3. The highest BCUT2D eigenvalue weighted by atomic mass is 19.2. The number of anilines is 1. The first-order valence-corrected chi connectivity index (χ1v) is 12.0. The Morgan fingerprint density at radius 2 is 1.59 bits per heavy atom. The highest BCUT2D eigenvalue weighted by molar-refractivity contribution is 6.04. The van der Waals surface area contributed by atoms with Crippen LogP contribution in [0.1, 0.15) is 34.3 Å². The minimum atomic E-state index is -1.42. The van der Waals surface area contributed by atoms with Crippen LogP contribution in [-0.4, -0.2) is 45.8 Å². The molecule has 1 aliphatic heterocycles. The number of nitrogens with one attached hydrogen (secondary N) is 2. The average Bonchev–Trinajstić information content (AvgIpc) is 3.27. The molecule has 3 N–H and O–H groups in total. The van der Waals surface area contributed by atoms with Crippen LogP contribution in [0.3, 0.4) is 0 Å². The van der Waals surface area contributed by atoms with Crippen LogP contribution in [-0.2, 0) is 27.3 Å². The van der Waals surface area contributed by atoms with E-state index in [1.807, 2.05) is 30.3 Å². The predicted molar refractivity (Wildman–Crippen MR) is 134 cm³/mol. The number of hydrogen-bond donors (Lipinski definition) is 3. The van der Waals surface area contributed by atoms with E-state index in [0.717, 1.165) is 5.56 Å². The van der Waals surface area contributed by atoms with Crippen LogP contribution in [0.4, 0.5) is 18.9 Å². The number of carboxylic acid groups (broad SMARTS) is 1. The summed E-state index contributed by atoms with van der Waals surface area (Å²) in [6.07, 6.45) is 0.369. The minimum absolute atomic E-state index is 0.0908. The minimum Gasteiger partial charge on any atom is -0.480 e. The molecule has 0 aromatic heterocycles. The van der Waals surface area contributed by atoms with E-state index in [4.69, 9.17) is 0 Å². The van der Waals surface area contributed by atoms with Crippen molar-refractivity contribution in [1.29, 1.82) is 0 Å². The summed E-state index contributed by atoms with van der Waals surface area (Å²) in [4.78, 5) is 51.0. The summed E-state index contributed by atoms with van der Waals surface area (Å²) >= 11 is 0. The lowest BCUT2D eigenvalue weighted by molar-refractivity contribution is -0.143. The number of carbonyl (C=O) groups is 4. The molecule has 4 rings (SSSR count). The summed E-state index contributed by atoms with van der Waals surface area (Å²) in [5.74, 6) is -7.04. The molecule has 0 bridgehead atoms. The Morgan fingerprint density at radius 3 is 2.26 bits per heavy atom. The molecule has 11 heteroatoms. The third kappa shape index (κ3) is 6.61. The van der Waals surface area contributed by atoms with Crippen molar-refractivity contribution in [2.75, 3.05) is 5.32 Å². The molecular formula is C28H24F3N3O5. The maximum Gasteiger partial charge on any atom is 0.326 e. The van der Waals surface area contributed by atoms with Crippen molar-refractivity contribution in [2.45, 2.75) is 37.9 Å². The lowest BCUT2D eigenvalue weighted by atomic mass is 10.0. The molecule has 1 saturated heterocycles. The van der Waals surface area contributed by atoms with E-state index < -0.39 is 52.9 Å². The lowest BCUT2D eigenvalue weighted by Gasteiger charge is -2.26. The largest absolute Gasteiger partial charge is 0.480 e. The van der Waals surface area contributed by atoms with E-state index in [1.165, 1.54) is 29.2 Å². The number of carboxylic acids is 1.